The van der Waals surface area contributed by atoms with Gasteiger partial charge >= 0.3 is 0 Å². The van der Waals surface area contributed by atoms with Crippen molar-refractivity contribution < 1.29 is 4.74 Å². The Morgan fingerprint density at radius 1 is 0.800 bits per heavy atom. The molecule has 0 aliphatic heterocycles. The molecule has 136 valence electrons. The van der Waals surface area contributed by atoms with Gasteiger partial charge in [0.25, 0.3) is 0 Å². The minimum Gasteiger partial charge on any atom is -0.491 e. The molecule has 0 aliphatic carbocycles. The van der Waals surface area contributed by atoms with Crippen molar-refractivity contribution >= 4 is 0 Å². The third kappa shape index (κ3) is 6.21. The lowest BCUT2D eigenvalue weighted by Crippen LogP contribution is -2.22. The van der Waals surface area contributed by atoms with E-state index in [0.29, 0.717) is 17.9 Å². The van der Waals surface area contributed by atoms with Crippen molar-refractivity contribution in [1.82, 2.24) is 5.32 Å². The maximum atomic E-state index is 5.76. The normalized spacial score (nSPS) is 13.9. The minimum absolute atomic E-state index is 0.218. The Balaban J connectivity index is 1.92. The Morgan fingerprint density at radius 3 is 2.00 bits per heavy atom. The minimum atomic E-state index is 0.218. The molecule has 2 rings (SSSR count). The van der Waals surface area contributed by atoms with Crippen LogP contribution in [0.3, 0.4) is 0 Å². The van der Waals surface area contributed by atoms with Gasteiger partial charge in [-0.15, -0.1) is 0 Å². The van der Waals surface area contributed by atoms with E-state index in [4.69, 9.17) is 4.74 Å². The highest BCUT2D eigenvalue weighted by Crippen LogP contribution is 2.29. The van der Waals surface area contributed by atoms with E-state index in [-0.39, 0.29) is 6.10 Å². The molecule has 0 radical (unpaired) electrons. The molecule has 2 unspecified atom stereocenters. The van der Waals surface area contributed by atoms with Crippen molar-refractivity contribution in [3.8, 4) is 5.75 Å². The zero-order valence-electron chi connectivity index (χ0n) is 16.3. The summed E-state index contributed by atoms with van der Waals surface area (Å²) in [6, 6.07) is 19.7. The standard InChI is InChI=1S/C23H33NO/c1-17(2)23(21-11-13-22(14-12-21)25-18(3)4)15-16-24-19(5)20-9-7-6-8-10-20/h6-14,17-19,23-24H,15-16H2,1-5H3. The first-order valence-electron chi connectivity index (χ1n) is 9.52. The van der Waals surface area contributed by atoms with E-state index in [1.54, 1.807) is 0 Å². The molecule has 2 heteroatoms. The Morgan fingerprint density at radius 2 is 1.44 bits per heavy atom. The molecule has 0 spiro atoms. The van der Waals surface area contributed by atoms with E-state index in [2.05, 4.69) is 94.5 Å². The zero-order valence-corrected chi connectivity index (χ0v) is 16.3. The molecule has 0 fully saturated rings. The highest BCUT2D eigenvalue weighted by Gasteiger charge is 2.16. The lowest BCUT2D eigenvalue weighted by molar-refractivity contribution is 0.242. The van der Waals surface area contributed by atoms with Crippen molar-refractivity contribution in [1.29, 1.82) is 0 Å². The molecule has 2 aromatic rings. The van der Waals surface area contributed by atoms with Crippen molar-refractivity contribution in [3.63, 3.8) is 0 Å². The summed E-state index contributed by atoms with van der Waals surface area (Å²) in [5.41, 5.74) is 2.75. The first-order chi connectivity index (χ1) is 12.0. The molecule has 0 aliphatic rings. The first-order valence-corrected chi connectivity index (χ1v) is 9.52. The second kappa shape index (κ2) is 9.62. The molecular weight excluding hydrogens is 306 g/mol. The summed E-state index contributed by atoms with van der Waals surface area (Å²) in [5, 5.41) is 3.67. The smallest absolute Gasteiger partial charge is 0.119 e. The van der Waals surface area contributed by atoms with Gasteiger partial charge in [-0.05, 0) is 68.8 Å². The summed E-state index contributed by atoms with van der Waals surface area (Å²) in [6.07, 6.45) is 1.36. The van der Waals surface area contributed by atoms with E-state index in [1.807, 2.05) is 0 Å². The molecule has 0 amide bonds. The van der Waals surface area contributed by atoms with E-state index in [0.717, 1.165) is 18.7 Å². The summed E-state index contributed by atoms with van der Waals surface area (Å²) in [7, 11) is 0. The Hall–Kier alpha value is -1.80. The fraction of sp³-hybridized carbons (Fsp3) is 0.478. The Bertz CT molecular complexity index is 604. The molecule has 2 aromatic carbocycles. The molecule has 25 heavy (non-hydrogen) atoms. The first kappa shape index (κ1) is 19.5. The van der Waals surface area contributed by atoms with Gasteiger partial charge in [-0.1, -0.05) is 56.3 Å². The average Bonchev–Trinajstić information content (AvgIpc) is 2.59. The fourth-order valence-electron chi connectivity index (χ4n) is 3.27. The van der Waals surface area contributed by atoms with Crippen LogP contribution in [0.15, 0.2) is 54.6 Å². The topological polar surface area (TPSA) is 21.3 Å². The Kier molecular flexibility index (Phi) is 7.52. The SMILES string of the molecule is CC(C)Oc1ccc(C(CCNC(C)c2ccccc2)C(C)C)cc1. The highest BCUT2D eigenvalue weighted by atomic mass is 16.5. The largest absolute Gasteiger partial charge is 0.491 e. The van der Waals surface area contributed by atoms with Gasteiger partial charge in [0.15, 0.2) is 0 Å². The van der Waals surface area contributed by atoms with Crippen LogP contribution in [-0.2, 0) is 0 Å². The van der Waals surface area contributed by atoms with Gasteiger partial charge in [0.2, 0.25) is 0 Å². The second-order valence-corrected chi connectivity index (χ2v) is 7.46. The van der Waals surface area contributed by atoms with Crippen molar-refractivity contribution in [3.05, 3.63) is 65.7 Å². The van der Waals surface area contributed by atoms with Gasteiger partial charge in [-0.25, -0.2) is 0 Å². The number of nitrogens with one attached hydrogen (secondary N) is 1. The van der Waals surface area contributed by atoms with Gasteiger partial charge < -0.3 is 10.1 Å². The number of benzene rings is 2. The summed E-state index contributed by atoms with van der Waals surface area (Å²) in [5.74, 6) is 2.13. The van der Waals surface area contributed by atoms with Crippen LogP contribution >= 0.6 is 0 Å². The third-order valence-electron chi connectivity index (χ3n) is 4.69. The van der Waals surface area contributed by atoms with E-state index in [1.165, 1.54) is 11.1 Å². The molecule has 0 bridgehead atoms. The van der Waals surface area contributed by atoms with Crippen LogP contribution in [-0.4, -0.2) is 12.6 Å². The van der Waals surface area contributed by atoms with Crippen LogP contribution in [0.1, 0.15) is 64.1 Å². The molecule has 0 heterocycles. The number of hydrogen-bond donors (Lipinski definition) is 1. The van der Waals surface area contributed by atoms with Gasteiger partial charge in [-0.3, -0.25) is 0 Å². The fourth-order valence-corrected chi connectivity index (χ4v) is 3.27. The van der Waals surface area contributed by atoms with Crippen LogP contribution in [0, 0.1) is 5.92 Å². The van der Waals surface area contributed by atoms with Crippen molar-refractivity contribution in [2.24, 2.45) is 5.92 Å². The van der Waals surface area contributed by atoms with Gasteiger partial charge in [0.1, 0.15) is 5.75 Å². The monoisotopic (exact) mass is 339 g/mol. The molecular formula is C23H33NO. The number of ether oxygens (including phenoxy) is 1. The average molecular weight is 340 g/mol. The van der Waals surface area contributed by atoms with Gasteiger partial charge in [-0.2, -0.15) is 0 Å². The molecule has 0 aromatic heterocycles. The van der Waals surface area contributed by atoms with Crippen LogP contribution < -0.4 is 10.1 Å². The predicted molar refractivity (Wildman–Crippen MR) is 107 cm³/mol. The summed E-state index contributed by atoms with van der Waals surface area (Å²) in [6.45, 7) is 12.0. The van der Waals surface area contributed by atoms with Gasteiger partial charge in [0, 0.05) is 6.04 Å². The maximum absolute atomic E-state index is 5.76. The van der Waals surface area contributed by atoms with Crippen LogP contribution in [0.25, 0.3) is 0 Å². The van der Waals surface area contributed by atoms with E-state index < -0.39 is 0 Å². The molecule has 0 saturated carbocycles. The maximum Gasteiger partial charge on any atom is 0.119 e. The second-order valence-electron chi connectivity index (χ2n) is 7.46. The lowest BCUT2D eigenvalue weighted by atomic mass is 9.85. The number of rotatable bonds is 9. The predicted octanol–water partition coefficient (Wildman–Crippen LogP) is 5.95. The molecule has 2 nitrogen and oxygen atoms in total. The molecule has 1 N–H and O–H groups in total. The quantitative estimate of drug-likeness (QED) is 0.609. The summed E-state index contributed by atoms with van der Waals surface area (Å²) >= 11 is 0. The number of hydrogen-bond acceptors (Lipinski definition) is 2. The molecule has 2 atom stereocenters. The third-order valence-corrected chi connectivity index (χ3v) is 4.69. The lowest BCUT2D eigenvalue weighted by Gasteiger charge is -2.23. The summed E-state index contributed by atoms with van der Waals surface area (Å²) < 4.78 is 5.76. The van der Waals surface area contributed by atoms with Crippen LogP contribution in [0.5, 0.6) is 5.75 Å². The van der Waals surface area contributed by atoms with Gasteiger partial charge in [0.05, 0.1) is 6.10 Å². The molecule has 0 saturated heterocycles. The Labute approximate surface area is 153 Å². The zero-order chi connectivity index (χ0) is 18.2. The van der Waals surface area contributed by atoms with Crippen LogP contribution in [0.2, 0.25) is 0 Å². The van der Waals surface area contributed by atoms with Crippen molar-refractivity contribution in [2.45, 2.75) is 59.1 Å². The van der Waals surface area contributed by atoms with E-state index in [9.17, 15) is 0 Å². The van der Waals surface area contributed by atoms with E-state index >= 15 is 0 Å². The van der Waals surface area contributed by atoms with Crippen molar-refractivity contribution in [2.75, 3.05) is 6.54 Å². The summed E-state index contributed by atoms with van der Waals surface area (Å²) in [4.78, 5) is 0. The highest BCUT2D eigenvalue weighted by molar-refractivity contribution is 5.30. The van der Waals surface area contributed by atoms with Crippen LogP contribution in [0.4, 0.5) is 0 Å².